The second kappa shape index (κ2) is 7.55. The number of nitrogens with two attached hydrogens (primary N) is 1. The SMILES string of the molecule is COCOc1ccc(C=Cc2nc3cc(C)c(N)cc3s2)cc1OC. The molecule has 0 radical (unpaired) electrons. The summed E-state index contributed by atoms with van der Waals surface area (Å²) in [5.41, 5.74) is 9.77. The zero-order chi connectivity index (χ0) is 17.8. The van der Waals surface area contributed by atoms with Crippen LogP contribution < -0.4 is 15.2 Å². The molecule has 1 aromatic heterocycles. The monoisotopic (exact) mass is 356 g/mol. The van der Waals surface area contributed by atoms with Gasteiger partial charge in [0.05, 0.1) is 17.3 Å². The van der Waals surface area contributed by atoms with Crippen LogP contribution in [0.15, 0.2) is 30.3 Å². The molecule has 3 rings (SSSR count). The van der Waals surface area contributed by atoms with Crippen LogP contribution in [0, 0.1) is 6.92 Å². The molecule has 2 aromatic carbocycles. The highest BCUT2D eigenvalue weighted by Gasteiger charge is 2.06. The number of nitrogens with zero attached hydrogens (tertiary/aromatic N) is 1. The first-order chi connectivity index (χ1) is 12.1. The average Bonchev–Trinajstić information content (AvgIpc) is 3.00. The van der Waals surface area contributed by atoms with Crippen LogP contribution in [0.3, 0.4) is 0 Å². The van der Waals surface area contributed by atoms with E-state index in [9.17, 15) is 0 Å². The van der Waals surface area contributed by atoms with Crippen LogP contribution in [0.25, 0.3) is 22.4 Å². The van der Waals surface area contributed by atoms with Crippen molar-refractivity contribution in [2.75, 3.05) is 26.7 Å². The molecule has 0 atom stereocenters. The Bertz CT molecular complexity index is 879. The molecule has 0 bridgehead atoms. The van der Waals surface area contributed by atoms with Crippen molar-refractivity contribution in [3.63, 3.8) is 0 Å². The Hall–Kier alpha value is -2.57. The molecule has 0 unspecified atom stereocenters. The smallest absolute Gasteiger partial charge is 0.188 e. The molecule has 6 heteroatoms. The van der Waals surface area contributed by atoms with Crippen LogP contribution >= 0.6 is 11.3 Å². The Kier molecular flexibility index (Phi) is 5.21. The molecule has 0 aliphatic carbocycles. The van der Waals surface area contributed by atoms with Crippen molar-refractivity contribution in [2.24, 2.45) is 0 Å². The van der Waals surface area contributed by atoms with Crippen LogP contribution in [0.5, 0.6) is 11.5 Å². The summed E-state index contributed by atoms with van der Waals surface area (Å²) in [7, 11) is 3.19. The largest absolute Gasteiger partial charge is 0.493 e. The third-order valence-corrected chi connectivity index (χ3v) is 4.71. The van der Waals surface area contributed by atoms with E-state index in [1.807, 2.05) is 49.4 Å². The van der Waals surface area contributed by atoms with Crippen molar-refractivity contribution in [1.82, 2.24) is 4.98 Å². The third kappa shape index (κ3) is 3.92. The molecule has 0 aliphatic rings. The number of anilines is 1. The maximum atomic E-state index is 5.97. The molecule has 0 saturated carbocycles. The van der Waals surface area contributed by atoms with Gasteiger partial charge in [-0.05, 0) is 48.4 Å². The van der Waals surface area contributed by atoms with Gasteiger partial charge in [0.2, 0.25) is 0 Å². The molecule has 0 spiro atoms. The van der Waals surface area contributed by atoms with Gasteiger partial charge in [-0.2, -0.15) is 0 Å². The molecule has 0 aliphatic heterocycles. The maximum Gasteiger partial charge on any atom is 0.188 e. The minimum absolute atomic E-state index is 0.180. The van der Waals surface area contributed by atoms with Crippen molar-refractivity contribution in [3.05, 3.63) is 46.5 Å². The van der Waals surface area contributed by atoms with Gasteiger partial charge < -0.3 is 19.9 Å². The Morgan fingerprint density at radius 1 is 1.12 bits per heavy atom. The number of aryl methyl sites for hydroxylation is 1. The summed E-state index contributed by atoms with van der Waals surface area (Å²) in [6, 6.07) is 9.73. The van der Waals surface area contributed by atoms with Crippen molar-refractivity contribution in [3.8, 4) is 11.5 Å². The molecule has 1 heterocycles. The van der Waals surface area contributed by atoms with Crippen molar-refractivity contribution in [1.29, 1.82) is 0 Å². The first-order valence-electron chi connectivity index (χ1n) is 7.75. The quantitative estimate of drug-likeness (QED) is 0.525. The predicted octanol–water partition coefficient (Wildman–Crippen LogP) is 4.35. The minimum atomic E-state index is 0.180. The number of nitrogen functional groups attached to an aromatic ring is 1. The summed E-state index contributed by atoms with van der Waals surface area (Å²) in [5, 5.41) is 0.929. The minimum Gasteiger partial charge on any atom is -0.493 e. The number of aromatic nitrogens is 1. The fraction of sp³-hybridized carbons (Fsp3) is 0.211. The van der Waals surface area contributed by atoms with E-state index >= 15 is 0 Å². The lowest BCUT2D eigenvalue weighted by molar-refractivity contribution is 0.0491. The molecule has 0 amide bonds. The van der Waals surface area contributed by atoms with Gasteiger partial charge >= 0.3 is 0 Å². The number of rotatable bonds is 6. The van der Waals surface area contributed by atoms with Crippen molar-refractivity contribution in [2.45, 2.75) is 6.92 Å². The van der Waals surface area contributed by atoms with Crippen molar-refractivity contribution < 1.29 is 14.2 Å². The number of benzene rings is 2. The van der Waals surface area contributed by atoms with Crippen LogP contribution in [0.1, 0.15) is 16.1 Å². The van der Waals surface area contributed by atoms with Gasteiger partial charge in [0.15, 0.2) is 18.3 Å². The molecular weight excluding hydrogens is 336 g/mol. The molecule has 2 N–H and O–H groups in total. The summed E-state index contributed by atoms with van der Waals surface area (Å²) < 4.78 is 16.8. The Labute approximate surface area is 150 Å². The standard InChI is InChI=1S/C19H20N2O3S/c1-12-8-15-18(10-14(12)20)25-19(21-15)7-5-13-4-6-16(24-11-22-2)17(9-13)23-3/h4-10H,11,20H2,1-3H3. The van der Waals surface area contributed by atoms with Gasteiger partial charge in [-0.3, -0.25) is 0 Å². The van der Waals surface area contributed by atoms with Gasteiger partial charge in [-0.1, -0.05) is 12.1 Å². The van der Waals surface area contributed by atoms with Crippen LogP contribution in [-0.4, -0.2) is 26.0 Å². The first-order valence-corrected chi connectivity index (χ1v) is 8.57. The normalized spacial score (nSPS) is 11.3. The number of methoxy groups -OCH3 is 2. The van der Waals surface area contributed by atoms with E-state index in [1.54, 1.807) is 25.6 Å². The number of fused-ring (bicyclic) bond motifs is 1. The highest BCUT2D eigenvalue weighted by molar-refractivity contribution is 7.19. The number of thiazole rings is 1. The van der Waals surface area contributed by atoms with Gasteiger partial charge in [-0.15, -0.1) is 11.3 Å². The average molecular weight is 356 g/mol. The van der Waals surface area contributed by atoms with Gasteiger partial charge in [0.1, 0.15) is 5.01 Å². The van der Waals surface area contributed by atoms with Crippen molar-refractivity contribution >= 4 is 39.4 Å². The predicted molar refractivity (Wildman–Crippen MR) is 103 cm³/mol. The molecule has 0 saturated heterocycles. The first kappa shape index (κ1) is 17.3. The van der Waals surface area contributed by atoms with Gasteiger partial charge in [-0.25, -0.2) is 4.98 Å². The lowest BCUT2D eigenvalue weighted by Gasteiger charge is -2.10. The number of ether oxygens (including phenoxy) is 3. The summed E-state index contributed by atoms with van der Waals surface area (Å²) in [5.74, 6) is 1.30. The molecular formula is C19H20N2O3S. The van der Waals surface area contributed by atoms with Crippen LogP contribution in [0.2, 0.25) is 0 Å². The third-order valence-electron chi connectivity index (χ3n) is 3.73. The fourth-order valence-electron chi connectivity index (χ4n) is 2.38. The Balaban J connectivity index is 1.84. The highest BCUT2D eigenvalue weighted by atomic mass is 32.1. The van der Waals surface area contributed by atoms with E-state index in [4.69, 9.17) is 19.9 Å². The summed E-state index contributed by atoms with van der Waals surface area (Å²) in [4.78, 5) is 4.63. The molecule has 3 aromatic rings. The molecule has 25 heavy (non-hydrogen) atoms. The molecule has 0 fully saturated rings. The fourth-order valence-corrected chi connectivity index (χ4v) is 3.28. The van der Waals surface area contributed by atoms with E-state index in [-0.39, 0.29) is 6.79 Å². The number of hydrogen-bond donors (Lipinski definition) is 1. The summed E-state index contributed by atoms with van der Waals surface area (Å²) in [6.07, 6.45) is 3.98. The van der Waals surface area contributed by atoms with E-state index < -0.39 is 0 Å². The molecule has 5 nitrogen and oxygen atoms in total. The van der Waals surface area contributed by atoms with Crippen LogP contribution in [-0.2, 0) is 4.74 Å². The lowest BCUT2D eigenvalue weighted by Crippen LogP contribution is -2.00. The van der Waals surface area contributed by atoms with E-state index in [0.29, 0.717) is 11.5 Å². The second-order valence-electron chi connectivity index (χ2n) is 5.52. The zero-order valence-corrected chi connectivity index (χ0v) is 15.2. The Morgan fingerprint density at radius 2 is 1.96 bits per heavy atom. The summed E-state index contributed by atoms with van der Waals surface area (Å²) >= 11 is 1.61. The lowest BCUT2D eigenvalue weighted by atomic mass is 10.2. The summed E-state index contributed by atoms with van der Waals surface area (Å²) in [6.45, 7) is 2.17. The van der Waals surface area contributed by atoms with Gasteiger partial charge in [0, 0.05) is 12.8 Å². The maximum absolute atomic E-state index is 5.97. The van der Waals surface area contributed by atoms with E-state index in [2.05, 4.69) is 4.98 Å². The topological polar surface area (TPSA) is 66.6 Å². The van der Waals surface area contributed by atoms with E-state index in [0.717, 1.165) is 32.0 Å². The second-order valence-corrected chi connectivity index (χ2v) is 6.59. The van der Waals surface area contributed by atoms with E-state index in [1.165, 1.54) is 0 Å². The zero-order valence-electron chi connectivity index (χ0n) is 14.4. The molecule has 130 valence electrons. The number of hydrogen-bond acceptors (Lipinski definition) is 6. The Morgan fingerprint density at radius 3 is 2.72 bits per heavy atom. The van der Waals surface area contributed by atoms with Crippen LogP contribution in [0.4, 0.5) is 5.69 Å². The van der Waals surface area contributed by atoms with Gasteiger partial charge in [0.25, 0.3) is 0 Å². The highest BCUT2D eigenvalue weighted by Crippen LogP contribution is 2.30.